The Morgan fingerprint density at radius 1 is 0.550 bits per heavy atom. The second-order valence-electron chi connectivity index (χ2n) is 16.8. The van der Waals surface area contributed by atoms with Gasteiger partial charge in [0.2, 0.25) is 0 Å². The SMILES string of the molecule is C.C=C(C)CCc1ccccc1.COCCOC(=O)C(CC(C)=O)NC(=O)OCc1ccccc1.COCCOC(=O)C(CC(C)=O)NC(=O)OCc1ccccc1.O=C1C[C@@H](NC(=O)OCc2ccccc2)C(=O)O1.OCCO. The van der Waals surface area contributed by atoms with Crippen LogP contribution < -0.4 is 16.0 Å². The highest BCUT2D eigenvalue weighted by Gasteiger charge is 2.35. The standard InChI is InChI=1S/2C16H21NO6.C12H11NO5.C11H14.C2H6O2.CH4/c2*1-12(18)10-14(15(19)22-9-8-21-2)17-16(20)23-11-13-6-4-3-5-7-13;14-10-6-9(11(15)18-10)13-12(16)17-7-8-4-2-1-3-5-8;1-10(2)8-9-11-6-4-3-5-7-11;3-1-2-4;/h2*3-7,14H,8-11H2,1-2H3,(H,17,20);1-5,9H,6-7H2,(H,13,16);3-7H,1,8-9H2,2H3;3-4H,1-2H2;1H4/t;;9-;;;/m..1.../s1. The summed E-state index contributed by atoms with van der Waals surface area (Å²) in [5, 5.41) is 22.2. The van der Waals surface area contributed by atoms with Crippen molar-refractivity contribution in [1.82, 2.24) is 16.0 Å². The number of alkyl carbamates (subject to hydrolysis) is 3. The number of amides is 3. The molecule has 80 heavy (non-hydrogen) atoms. The Morgan fingerprint density at radius 2 is 0.900 bits per heavy atom. The number of aliphatic hydroxyl groups excluding tert-OH is 2. The summed E-state index contributed by atoms with van der Waals surface area (Å²) >= 11 is 0. The normalized spacial score (nSPS) is 12.4. The van der Waals surface area contributed by atoms with Gasteiger partial charge in [-0.05, 0) is 55.9 Å². The number of methoxy groups -OCH3 is 2. The van der Waals surface area contributed by atoms with Gasteiger partial charge < -0.3 is 64.1 Å². The number of carbonyl (C=O) groups is 9. The first-order valence-corrected chi connectivity index (χ1v) is 24.8. The average Bonchev–Trinajstić information content (AvgIpc) is 3.76. The first-order valence-electron chi connectivity index (χ1n) is 24.8. The highest BCUT2D eigenvalue weighted by molar-refractivity contribution is 5.98. The predicted octanol–water partition coefficient (Wildman–Crippen LogP) is 6.46. The van der Waals surface area contributed by atoms with E-state index in [1.807, 2.05) is 60.7 Å². The summed E-state index contributed by atoms with van der Waals surface area (Å²) in [4.78, 5) is 103. The minimum Gasteiger partial charge on any atom is -0.462 e. The number of hydrogen-bond donors (Lipinski definition) is 5. The van der Waals surface area contributed by atoms with Gasteiger partial charge in [0.15, 0.2) is 0 Å². The number of ether oxygens (including phenoxy) is 8. The van der Waals surface area contributed by atoms with E-state index in [2.05, 4.69) is 58.5 Å². The number of aliphatic hydroxyl groups is 2. The number of allylic oxidation sites excluding steroid dienone is 1. The van der Waals surface area contributed by atoms with Crippen LogP contribution in [0, 0.1) is 0 Å². The number of rotatable bonds is 25. The summed E-state index contributed by atoms with van der Waals surface area (Å²) in [6.07, 6.45) is -0.582. The fourth-order valence-corrected chi connectivity index (χ4v) is 5.92. The molecule has 4 aromatic rings. The van der Waals surface area contributed by atoms with Gasteiger partial charge >= 0.3 is 42.2 Å². The molecule has 1 fully saturated rings. The maximum Gasteiger partial charge on any atom is 0.408 e. The van der Waals surface area contributed by atoms with Gasteiger partial charge in [0.05, 0.1) is 32.8 Å². The van der Waals surface area contributed by atoms with Gasteiger partial charge in [-0.25, -0.2) is 28.8 Å². The first-order chi connectivity index (χ1) is 37.9. The number of cyclic esters (lactones) is 2. The molecule has 5 rings (SSSR count). The molecule has 1 aliphatic rings. The van der Waals surface area contributed by atoms with Crippen molar-refractivity contribution >= 4 is 53.7 Å². The second-order valence-corrected chi connectivity index (χ2v) is 16.8. The number of esters is 4. The molecular formula is C58H77N3O19. The van der Waals surface area contributed by atoms with Crippen molar-refractivity contribution in [3.8, 4) is 0 Å². The van der Waals surface area contributed by atoms with E-state index in [1.54, 1.807) is 36.4 Å². The third-order valence-corrected chi connectivity index (χ3v) is 9.78. The molecule has 1 heterocycles. The summed E-state index contributed by atoms with van der Waals surface area (Å²) in [7, 11) is 2.94. The Kier molecular flexibility index (Phi) is 40.0. The third-order valence-electron chi connectivity index (χ3n) is 9.78. The van der Waals surface area contributed by atoms with Crippen LogP contribution in [-0.4, -0.2) is 136 Å². The zero-order valence-electron chi connectivity index (χ0n) is 45.2. The average molecular weight is 1120 g/mol. The third kappa shape index (κ3) is 36.7. The van der Waals surface area contributed by atoms with Crippen LogP contribution in [0.2, 0.25) is 0 Å². The quantitative estimate of drug-likeness (QED) is 0.0156. The summed E-state index contributed by atoms with van der Waals surface area (Å²) < 4.78 is 38.6. The molecule has 4 aromatic carbocycles. The number of aryl methyl sites for hydroxylation is 1. The zero-order chi connectivity index (χ0) is 58.6. The molecule has 2 unspecified atom stereocenters. The molecule has 0 bridgehead atoms. The topological polar surface area (TPSA) is 304 Å². The summed E-state index contributed by atoms with van der Waals surface area (Å²) in [6, 6.07) is 34.7. The summed E-state index contributed by atoms with van der Waals surface area (Å²) in [5.74, 6) is -3.29. The van der Waals surface area contributed by atoms with Crippen LogP contribution in [0.3, 0.4) is 0 Å². The van der Waals surface area contributed by atoms with E-state index >= 15 is 0 Å². The summed E-state index contributed by atoms with van der Waals surface area (Å²) in [6.45, 7) is 9.14. The van der Waals surface area contributed by atoms with E-state index in [4.69, 9.17) is 43.4 Å². The second kappa shape index (κ2) is 44.6. The Balaban J connectivity index is 0.00000104. The molecule has 0 aliphatic carbocycles. The lowest BCUT2D eigenvalue weighted by Crippen LogP contribution is -2.43. The Hall–Kier alpha value is -8.31. The van der Waals surface area contributed by atoms with E-state index in [-0.39, 0.29) is 97.7 Å². The molecule has 1 aliphatic heterocycles. The Morgan fingerprint density at radius 3 is 1.20 bits per heavy atom. The predicted molar refractivity (Wildman–Crippen MR) is 293 cm³/mol. The smallest absolute Gasteiger partial charge is 0.408 e. The van der Waals surface area contributed by atoms with Gasteiger partial charge in [0.25, 0.3) is 0 Å². The van der Waals surface area contributed by atoms with Crippen molar-refractivity contribution in [3.05, 3.63) is 156 Å². The fraction of sp³-hybridized carbons (Fsp3) is 0.397. The molecule has 22 heteroatoms. The molecule has 22 nitrogen and oxygen atoms in total. The van der Waals surface area contributed by atoms with E-state index in [1.165, 1.54) is 39.2 Å². The van der Waals surface area contributed by atoms with Gasteiger partial charge in [-0.3, -0.25) is 14.4 Å². The maximum atomic E-state index is 11.9. The van der Waals surface area contributed by atoms with Crippen LogP contribution in [0.25, 0.3) is 0 Å². The van der Waals surface area contributed by atoms with Crippen molar-refractivity contribution in [1.29, 1.82) is 0 Å². The van der Waals surface area contributed by atoms with Gasteiger partial charge in [0, 0.05) is 27.1 Å². The minimum atomic E-state index is -1.08. The molecule has 3 amide bonds. The highest BCUT2D eigenvalue weighted by Crippen LogP contribution is 2.10. The Bertz CT molecular complexity index is 2330. The lowest BCUT2D eigenvalue weighted by molar-refractivity contribution is -0.153. The fourth-order valence-electron chi connectivity index (χ4n) is 5.92. The molecule has 3 atom stereocenters. The van der Waals surface area contributed by atoms with E-state index in [0.29, 0.717) is 0 Å². The van der Waals surface area contributed by atoms with Crippen LogP contribution in [0.15, 0.2) is 133 Å². The molecule has 0 radical (unpaired) electrons. The van der Waals surface area contributed by atoms with Gasteiger partial charge in [0.1, 0.15) is 62.7 Å². The number of carbonyl (C=O) groups excluding carboxylic acids is 9. The lowest BCUT2D eigenvalue weighted by Gasteiger charge is -2.16. The molecule has 1 saturated heterocycles. The van der Waals surface area contributed by atoms with Crippen LogP contribution in [0.5, 0.6) is 0 Å². The molecule has 5 N–H and O–H groups in total. The van der Waals surface area contributed by atoms with Crippen molar-refractivity contribution in [2.24, 2.45) is 0 Å². The molecule has 438 valence electrons. The van der Waals surface area contributed by atoms with Crippen LogP contribution >= 0.6 is 0 Å². The van der Waals surface area contributed by atoms with E-state index in [9.17, 15) is 43.2 Å². The lowest BCUT2D eigenvalue weighted by atomic mass is 10.1. The monoisotopic (exact) mass is 1120 g/mol. The molecule has 0 saturated carbocycles. The molecular weight excluding hydrogens is 1040 g/mol. The van der Waals surface area contributed by atoms with Crippen molar-refractivity contribution in [2.45, 2.75) is 98.2 Å². The highest BCUT2D eigenvalue weighted by atomic mass is 16.6. The zero-order valence-corrected chi connectivity index (χ0v) is 45.2. The van der Waals surface area contributed by atoms with Crippen molar-refractivity contribution in [3.63, 3.8) is 0 Å². The number of Topliss-reactive ketones (excluding diaryl/α,β-unsaturated/α-hetero) is 2. The number of benzene rings is 4. The van der Waals surface area contributed by atoms with Crippen LogP contribution in [0.1, 0.15) is 76.1 Å². The Labute approximate surface area is 467 Å². The van der Waals surface area contributed by atoms with Gasteiger partial charge in [-0.15, -0.1) is 6.58 Å². The van der Waals surface area contributed by atoms with Gasteiger partial charge in [-0.2, -0.15) is 0 Å². The van der Waals surface area contributed by atoms with Crippen molar-refractivity contribution in [2.75, 3.05) is 53.9 Å². The maximum absolute atomic E-state index is 11.9. The molecule has 0 aromatic heterocycles. The largest absolute Gasteiger partial charge is 0.462 e. The number of nitrogens with one attached hydrogen (secondary N) is 3. The van der Waals surface area contributed by atoms with E-state index in [0.717, 1.165) is 29.5 Å². The number of ketones is 2. The van der Waals surface area contributed by atoms with Crippen LogP contribution in [0.4, 0.5) is 14.4 Å². The van der Waals surface area contributed by atoms with E-state index < -0.39 is 60.3 Å². The summed E-state index contributed by atoms with van der Waals surface area (Å²) in [5.41, 5.74) is 5.11. The minimum absolute atomic E-state index is 0. The molecule has 0 spiro atoms. The number of hydrogen-bond acceptors (Lipinski definition) is 19. The van der Waals surface area contributed by atoms with Crippen LogP contribution in [-0.2, 0) is 92.9 Å². The van der Waals surface area contributed by atoms with Gasteiger partial charge in [-0.1, -0.05) is 134 Å². The van der Waals surface area contributed by atoms with Crippen molar-refractivity contribution < 1.29 is 91.3 Å². The first kappa shape index (κ1) is 71.7.